The minimum absolute atomic E-state index is 0.247. The molecule has 0 saturated heterocycles. The molecular formula is C11H8BrFN2. The van der Waals surface area contributed by atoms with Gasteiger partial charge < -0.3 is 0 Å². The van der Waals surface area contributed by atoms with Gasteiger partial charge in [-0.25, -0.2) is 14.4 Å². The van der Waals surface area contributed by atoms with Crippen molar-refractivity contribution in [1.29, 1.82) is 0 Å². The fourth-order valence-electron chi connectivity index (χ4n) is 1.30. The molecule has 2 aromatic rings. The van der Waals surface area contributed by atoms with Crippen LogP contribution in [-0.4, -0.2) is 9.97 Å². The monoisotopic (exact) mass is 266 g/mol. The fraction of sp³-hybridized carbons (Fsp3) is 0.0909. The molecule has 0 aliphatic rings. The van der Waals surface area contributed by atoms with E-state index < -0.39 is 0 Å². The Morgan fingerprint density at radius 2 is 1.80 bits per heavy atom. The van der Waals surface area contributed by atoms with Gasteiger partial charge in [-0.15, -0.1) is 0 Å². The van der Waals surface area contributed by atoms with Gasteiger partial charge in [-0.1, -0.05) is 0 Å². The first-order chi connectivity index (χ1) is 7.15. The van der Waals surface area contributed by atoms with E-state index in [1.807, 2.05) is 6.92 Å². The second kappa shape index (κ2) is 4.06. The van der Waals surface area contributed by atoms with Crippen LogP contribution < -0.4 is 0 Å². The van der Waals surface area contributed by atoms with Crippen LogP contribution in [0.3, 0.4) is 0 Å². The van der Waals surface area contributed by atoms with E-state index >= 15 is 0 Å². The summed E-state index contributed by atoms with van der Waals surface area (Å²) in [6, 6.07) is 8.04. The third kappa shape index (κ3) is 2.39. The Morgan fingerprint density at radius 3 is 2.40 bits per heavy atom. The van der Waals surface area contributed by atoms with Crippen molar-refractivity contribution in [2.24, 2.45) is 0 Å². The first-order valence-electron chi connectivity index (χ1n) is 4.42. The van der Waals surface area contributed by atoms with Crippen LogP contribution in [0.1, 0.15) is 5.82 Å². The Balaban J connectivity index is 2.49. The molecule has 0 atom stereocenters. The molecule has 1 aromatic carbocycles. The Bertz CT molecular complexity index is 462. The first kappa shape index (κ1) is 10.2. The Hall–Kier alpha value is -1.29. The summed E-state index contributed by atoms with van der Waals surface area (Å²) in [6.07, 6.45) is 0. The summed E-state index contributed by atoms with van der Waals surface area (Å²) in [7, 11) is 0. The maximum Gasteiger partial charge on any atom is 0.127 e. The van der Waals surface area contributed by atoms with Gasteiger partial charge in [0.15, 0.2) is 0 Å². The molecule has 0 unspecified atom stereocenters. The van der Waals surface area contributed by atoms with Gasteiger partial charge >= 0.3 is 0 Å². The van der Waals surface area contributed by atoms with Crippen molar-refractivity contribution in [3.8, 4) is 11.3 Å². The van der Waals surface area contributed by atoms with E-state index in [0.717, 1.165) is 15.9 Å². The standard InChI is InChI=1S/C11H8BrFN2/c1-7-14-10(6-11(12)15-7)8-2-4-9(13)5-3-8/h2-6H,1H3. The highest BCUT2D eigenvalue weighted by Gasteiger charge is 2.02. The number of rotatable bonds is 1. The topological polar surface area (TPSA) is 25.8 Å². The van der Waals surface area contributed by atoms with Crippen LogP contribution in [0.4, 0.5) is 4.39 Å². The van der Waals surface area contributed by atoms with E-state index in [9.17, 15) is 4.39 Å². The molecule has 0 radical (unpaired) electrons. The van der Waals surface area contributed by atoms with Crippen LogP contribution in [0.15, 0.2) is 34.9 Å². The number of benzene rings is 1. The summed E-state index contributed by atoms with van der Waals surface area (Å²) in [5, 5.41) is 0. The number of halogens is 2. The molecule has 0 N–H and O–H groups in total. The Kier molecular flexibility index (Phi) is 2.77. The minimum Gasteiger partial charge on any atom is -0.233 e. The van der Waals surface area contributed by atoms with Crippen molar-refractivity contribution in [2.75, 3.05) is 0 Å². The molecule has 0 saturated carbocycles. The second-order valence-electron chi connectivity index (χ2n) is 3.13. The Morgan fingerprint density at radius 1 is 1.13 bits per heavy atom. The van der Waals surface area contributed by atoms with Crippen molar-refractivity contribution in [3.63, 3.8) is 0 Å². The van der Waals surface area contributed by atoms with Gasteiger partial charge in [0.05, 0.1) is 5.69 Å². The SMILES string of the molecule is Cc1nc(Br)cc(-c2ccc(F)cc2)n1. The average Bonchev–Trinajstić information content (AvgIpc) is 2.17. The van der Waals surface area contributed by atoms with Gasteiger partial charge in [0.25, 0.3) is 0 Å². The van der Waals surface area contributed by atoms with E-state index in [4.69, 9.17) is 0 Å². The molecule has 2 rings (SSSR count). The molecule has 0 spiro atoms. The summed E-state index contributed by atoms with van der Waals surface area (Å²) in [5.74, 6) is 0.437. The maximum absolute atomic E-state index is 12.7. The number of aryl methyl sites for hydroxylation is 1. The smallest absolute Gasteiger partial charge is 0.127 e. The molecule has 76 valence electrons. The second-order valence-corrected chi connectivity index (χ2v) is 3.94. The van der Waals surface area contributed by atoms with Crippen molar-refractivity contribution in [3.05, 3.63) is 46.6 Å². The zero-order valence-electron chi connectivity index (χ0n) is 8.04. The number of hydrogen-bond acceptors (Lipinski definition) is 2. The lowest BCUT2D eigenvalue weighted by atomic mass is 10.1. The molecule has 2 nitrogen and oxygen atoms in total. The van der Waals surface area contributed by atoms with Gasteiger partial charge in [0.2, 0.25) is 0 Å². The van der Waals surface area contributed by atoms with Crippen molar-refractivity contribution in [2.45, 2.75) is 6.92 Å². The van der Waals surface area contributed by atoms with E-state index in [2.05, 4.69) is 25.9 Å². The predicted octanol–water partition coefficient (Wildman–Crippen LogP) is 3.35. The lowest BCUT2D eigenvalue weighted by Gasteiger charge is -2.02. The lowest BCUT2D eigenvalue weighted by molar-refractivity contribution is 0.628. The summed E-state index contributed by atoms with van der Waals surface area (Å²) in [6.45, 7) is 1.82. The largest absolute Gasteiger partial charge is 0.233 e. The molecule has 1 aromatic heterocycles. The van der Waals surface area contributed by atoms with Crippen molar-refractivity contribution >= 4 is 15.9 Å². The highest BCUT2D eigenvalue weighted by molar-refractivity contribution is 9.10. The average molecular weight is 267 g/mol. The quantitative estimate of drug-likeness (QED) is 0.740. The summed E-state index contributed by atoms with van der Waals surface area (Å²) in [4.78, 5) is 8.38. The van der Waals surface area contributed by atoms with Crippen LogP contribution in [0.5, 0.6) is 0 Å². The van der Waals surface area contributed by atoms with Crippen molar-refractivity contribution < 1.29 is 4.39 Å². The summed E-state index contributed by atoms with van der Waals surface area (Å²) >= 11 is 3.30. The molecule has 15 heavy (non-hydrogen) atoms. The van der Waals surface area contributed by atoms with Crippen LogP contribution in [-0.2, 0) is 0 Å². The van der Waals surface area contributed by atoms with Gasteiger partial charge in [-0.2, -0.15) is 0 Å². The van der Waals surface area contributed by atoms with E-state index in [0.29, 0.717) is 5.82 Å². The number of nitrogens with zero attached hydrogens (tertiary/aromatic N) is 2. The van der Waals surface area contributed by atoms with E-state index in [-0.39, 0.29) is 5.82 Å². The first-order valence-corrected chi connectivity index (χ1v) is 5.21. The Labute approximate surface area is 95.3 Å². The normalized spacial score (nSPS) is 10.3. The fourth-order valence-corrected chi connectivity index (χ4v) is 1.77. The zero-order chi connectivity index (χ0) is 10.8. The summed E-state index contributed by atoms with van der Waals surface area (Å²) in [5.41, 5.74) is 1.66. The lowest BCUT2D eigenvalue weighted by Crippen LogP contribution is -1.91. The molecule has 0 aliphatic carbocycles. The van der Waals surface area contributed by atoms with Crippen molar-refractivity contribution in [1.82, 2.24) is 9.97 Å². The molecule has 0 bridgehead atoms. The van der Waals surface area contributed by atoms with E-state index in [1.165, 1.54) is 12.1 Å². The number of aromatic nitrogens is 2. The molecule has 4 heteroatoms. The predicted molar refractivity (Wildman–Crippen MR) is 59.9 cm³/mol. The number of hydrogen-bond donors (Lipinski definition) is 0. The molecule has 0 fully saturated rings. The van der Waals surface area contributed by atoms with Gasteiger partial charge in [0.1, 0.15) is 16.2 Å². The van der Waals surface area contributed by atoms with E-state index in [1.54, 1.807) is 18.2 Å². The highest BCUT2D eigenvalue weighted by Crippen LogP contribution is 2.20. The highest BCUT2D eigenvalue weighted by atomic mass is 79.9. The minimum atomic E-state index is -0.247. The zero-order valence-corrected chi connectivity index (χ0v) is 9.62. The van der Waals surface area contributed by atoms with Crippen LogP contribution in [0.25, 0.3) is 11.3 Å². The summed E-state index contributed by atoms with van der Waals surface area (Å²) < 4.78 is 13.4. The molecule has 0 amide bonds. The van der Waals surface area contributed by atoms with Gasteiger partial charge in [-0.05, 0) is 53.2 Å². The molecular weight excluding hydrogens is 259 g/mol. The third-order valence-corrected chi connectivity index (χ3v) is 2.35. The van der Waals surface area contributed by atoms with Crippen LogP contribution in [0, 0.1) is 12.7 Å². The third-order valence-electron chi connectivity index (χ3n) is 1.95. The van der Waals surface area contributed by atoms with Gasteiger partial charge in [0, 0.05) is 5.56 Å². The molecule has 0 aliphatic heterocycles. The van der Waals surface area contributed by atoms with Crippen LogP contribution in [0.2, 0.25) is 0 Å². The maximum atomic E-state index is 12.7. The molecule has 1 heterocycles. The van der Waals surface area contributed by atoms with Gasteiger partial charge in [-0.3, -0.25) is 0 Å². The van der Waals surface area contributed by atoms with Crippen LogP contribution >= 0.6 is 15.9 Å².